The van der Waals surface area contributed by atoms with E-state index in [-0.39, 0.29) is 85.4 Å². The number of rotatable bonds is 28. The summed E-state index contributed by atoms with van der Waals surface area (Å²) in [7, 11) is 2.71. The number of imide groups is 1. The quantitative estimate of drug-likeness (QED) is 0.0464. The van der Waals surface area contributed by atoms with E-state index in [1.165, 1.54) is 37.7 Å². The van der Waals surface area contributed by atoms with Crippen LogP contribution in [0.2, 0.25) is 0 Å². The molecular formula is C47H78N7O10P. The van der Waals surface area contributed by atoms with Gasteiger partial charge in [-0.15, -0.1) is 0 Å². The van der Waals surface area contributed by atoms with Crippen molar-refractivity contribution in [3.05, 3.63) is 48.0 Å². The lowest BCUT2D eigenvalue weighted by molar-refractivity contribution is -0.145. The molecule has 0 aromatic heterocycles. The lowest BCUT2D eigenvalue weighted by atomic mass is 9.90. The van der Waals surface area contributed by atoms with Crippen LogP contribution >= 0.6 is 8.15 Å². The molecule has 6 N–H and O–H groups in total. The highest BCUT2D eigenvalue weighted by Gasteiger charge is 2.42. The van der Waals surface area contributed by atoms with Crippen LogP contribution in [0.5, 0.6) is 0 Å². The Labute approximate surface area is 388 Å². The molecule has 0 saturated carbocycles. The Hall–Kier alpha value is -4.28. The van der Waals surface area contributed by atoms with E-state index >= 15 is 0 Å². The van der Waals surface area contributed by atoms with E-state index in [4.69, 9.17) is 15.2 Å². The van der Waals surface area contributed by atoms with Gasteiger partial charge in [-0.2, -0.15) is 0 Å². The van der Waals surface area contributed by atoms with Crippen LogP contribution in [0.4, 0.5) is 0 Å². The van der Waals surface area contributed by atoms with Gasteiger partial charge in [-0.3, -0.25) is 38.5 Å². The van der Waals surface area contributed by atoms with E-state index in [0.29, 0.717) is 58.2 Å². The molecule has 1 fully saturated rings. The molecule has 2 heterocycles. The lowest BCUT2D eigenvalue weighted by Gasteiger charge is -2.39. The van der Waals surface area contributed by atoms with Gasteiger partial charge in [-0.25, -0.2) is 0 Å². The molecule has 17 nitrogen and oxygen atoms in total. The summed E-state index contributed by atoms with van der Waals surface area (Å²) in [4.78, 5) is 105. The first-order valence-electron chi connectivity index (χ1n) is 23.3. The van der Waals surface area contributed by atoms with Gasteiger partial charge in [-0.05, 0) is 50.0 Å². The van der Waals surface area contributed by atoms with Crippen molar-refractivity contribution in [1.82, 2.24) is 30.7 Å². The molecule has 7 amide bonds. The Balaban J connectivity index is 0.00000470. The third-order valence-electron chi connectivity index (χ3n) is 11.9. The van der Waals surface area contributed by atoms with Crippen LogP contribution < -0.4 is 21.7 Å². The number of carbonyl (C=O) groups is 7. The highest BCUT2D eigenvalue weighted by atomic mass is 31.1. The number of nitrogens with zero attached hydrogens (tertiary/aromatic N) is 3. The van der Waals surface area contributed by atoms with Crippen molar-refractivity contribution in [1.29, 1.82) is 0 Å². The normalized spacial score (nSPS) is 17.8. The first-order chi connectivity index (χ1) is 31.1. The molecule has 366 valence electrons. The second-order valence-corrected chi connectivity index (χ2v) is 18.7. The van der Waals surface area contributed by atoms with Gasteiger partial charge < -0.3 is 45.9 Å². The molecule has 2 aliphatic heterocycles. The summed E-state index contributed by atoms with van der Waals surface area (Å²) in [5.41, 5.74) is 6.55. The SMILES string of the molecule is CCC.CCC(C)C(C(CC(=O)N1CCCC1C(OC)C(C)C(=O)N[C@@H](Cc1ccccc1)P(O)CC(=O)NCCCNC(=O)CCCCCN1C(=O)C=CC1=O)OC)N(C)C(=O)CN. The molecule has 0 aliphatic carbocycles. The highest BCUT2D eigenvalue weighted by Crippen LogP contribution is 2.37. The first-order valence-corrected chi connectivity index (χ1v) is 24.8. The van der Waals surface area contributed by atoms with Crippen LogP contribution in [0.3, 0.4) is 0 Å². The van der Waals surface area contributed by atoms with Gasteiger partial charge in [0.15, 0.2) is 0 Å². The summed E-state index contributed by atoms with van der Waals surface area (Å²) in [5, 5.41) is 8.64. The molecule has 0 spiro atoms. The Bertz CT molecular complexity index is 1670. The zero-order chi connectivity index (χ0) is 48.5. The van der Waals surface area contributed by atoms with E-state index in [2.05, 4.69) is 29.8 Å². The number of nitrogens with two attached hydrogens (primary N) is 1. The van der Waals surface area contributed by atoms with Crippen LogP contribution in [-0.4, -0.2) is 151 Å². The number of amides is 7. The standard InChI is InChI=1S/C44H70N7O10P.C3H8/c1-7-30(2)42(49(4)41(57)28-45)34(60-5)27-40(56)50-25-14-18-33(50)43(61-6)31(3)44(58)48-37(26-32-16-10-8-11-17-32)62(59)29-36(53)47-23-15-22-46-35(52)19-12-9-13-24-51-38(54)20-21-39(51)55;1-3-2/h8,10-11,16-17,20-21,30-31,33-34,37,42-43,59H,7,9,12-15,18-19,22-29,45H2,1-6H3,(H,46,52)(H,47,53)(H,48,58);3H2,1-2H3/t30?,31?,33?,34?,37-,42?,43?,62?;/m1./s1. The number of likely N-dealkylation sites (N-methyl/N-ethyl adjacent to an activating group) is 1. The predicted molar refractivity (Wildman–Crippen MR) is 252 cm³/mol. The number of ether oxygens (including phenoxy) is 2. The van der Waals surface area contributed by atoms with Crippen LogP contribution in [0.15, 0.2) is 42.5 Å². The number of benzene rings is 1. The molecule has 7 unspecified atom stereocenters. The first kappa shape index (κ1) is 56.8. The third kappa shape index (κ3) is 18.9. The van der Waals surface area contributed by atoms with Crippen LogP contribution in [0.1, 0.15) is 104 Å². The van der Waals surface area contributed by atoms with Gasteiger partial charge in [0.25, 0.3) is 11.8 Å². The van der Waals surface area contributed by atoms with Crippen molar-refractivity contribution >= 4 is 49.5 Å². The monoisotopic (exact) mass is 932 g/mol. The number of likely N-dealkylation sites (tertiary alicyclic amines) is 1. The lowest BCUT2D eigenvalue weighted by Crippen LogP contribution is -2.54. The maximum Gasteiger partial charge on any atom is 0.253 e. The van der Waals surface area contributed by atoms with Crippen molar-refractivity contribution in [2.24, 2.45) is 17.6 Å². The summed E-state index contributed by atoms with van der Waals surface area (Å²) in [6, 6.07) is 8.59. The number of carbonyl (C=O) groups excluding carboxylic acids is 7. The van der Waals surface area contributed by atoms with Gasteiger partial charge in [0.05, 0.1) is 63.3 Å². The van der Waals surface area contributed by atoms with E-state index in [9.17, 15) is 38.5 Å². The molecule has 1 aromatic rings. The minimum absolute atomic E-state index is 0.0283. The van der Waals surface area contributed by atoms with Crippen molar-refractivity contribution < 1.29 is 47.9 Å². The van der Waals surface area contributed by atoms with Gasteiger partial charge in [-0.1, -0.05) is 84.2 Å². The Kier molecular flexibility index (Phi) is 27.0. The minimum Gasteiger partial charge on any atom is -0.379 e. The fourth-order valence-electron chi connectivity index (χ4n) is 8.16. The molecule has 0 radical (unpaired) electrons. The fraction of sp³-hybridized carbons (Fsp3) is 0.681. The van der Waals surface area contributed by atoms with E-state index in [1.807, 2.05) is 44.2 Å². The minimum atomic E-state index is -2.02. The summed E-state index contributed by atoms with van der Waals surface area (Å²) in [6.45, 7) is 11.3. The number of hydrogen-bond acceptors (Lipinski definition) is 11. The molecular weight excluding hydrogens is 854 g/mol. The number of unbranched alkanes of at least 4 members (excludes halogenated alkanes) is 2. The second-order valence-electron chi connectivity index (χ2n) is 16.9. The molecule has 18 heteroatoms. The smallest absolute Gasteiger partial charge is 0.253 e. The summed E-state index contributed by atoms with van der Waals surface area (Å²) in [5.74, 6) is -3.37. The van der Waals surface area contributed by atoms with Gasteiger partial charge >= 0.3 is 0 Å². The predicted octanol–water partition coefficient (Wildman–Crippen LogP) is 3.46. The number of methoxy groups -OCH3 is 2. The molecule has 1 aromatic carbocycles. The zero-order valence-corrected chi connectivity index (χ0v) is 41.0. The van der Waals surface area contributed by atoms with Gasteiger partial charge in [0, 0.05) is 66.0 Å². The maximum absolute atomic E-state index is 14.0. The Morgan fingerprint density at radius 1 is 0.923 bits per heavy atom. The van der Waals surface area contributed by atoms with Gasteiger partial charge in [0.2, 0.25) is 29.5 Å². The van der Waals surface area contributed by atoms with Crippen LogP contribution in [0.25, 0.3) is 0 Å². The Morgan fingerprint density at radius 3 is 2.14 bits per heavy atom. The van der Waals surface area contributed by atoms with Crippen molar-refractivity contribution in [2.75, 3.05) is 60.2 Å². The molecule has 1 saturated heterocycles. The summed E-state index contributed by atoms with van der Waals surface area (Å²) < 4.78 is 11.8. The maximum atomic E-state index is 14.0. The van der Waals surface area contributed by atoms with Crippen molar-refractivity contribution in [3.63, 3.8) is 0 Å². The second kappa shape index (κ2) is 30.8. The molecule has 65 heavy (non-hydrogen) atoms. The summed E-state index contributed by atoms with van der Waals surface area (Å²) >= 11 is 0. The largest absolute Gasteiger partial charge is 0.379 e. The van der Waals surface area contributed by atoms with Crippen LogP contribution in [-0.2, 0) is 49.5 Å². The van der Waals surface area contributed by atoms with Crippen molar-refractivity contribution in [3.8, 4) is 0 Å². The van der Waals surface area contributed by atoms with E-state index < -0.39 is 38.1 Å². The van der Waals surface area contributed by atoms with E-state index in [1.54, 1.807) is 23.8 Å². The van der Waals surface area contributed by atoms with Gasteiger partial charge in [0.1, 0.15) is 0 Å². The zero-order valence-electron chi connectivity index (χ0n) is 40.1. The Morgan fingerprint density at radius 2 is 1.55 bits per heavy atom. The summed E-state index contributed by atoms with van der Waals surface area (Å²) in [6.07, 6.45) is 7.42. The van der Waals surface area contributed by atoms with Crippen LogP contribution in [0, 0.1) is 11.8 Å². The van der Waals surface area contributed by atoms with E-state index in [0.717, 1.165) is 18.4 Å². The molecule has 0 bridgehead atoms. The molecule has 2 aliphatic rings. The van der Waals surface area contributed by atoms with Crippen molar-refractivity contribution in [2.45, 2.75) is 135 Å². The molecule has 3 rings (SSSR count). The highest BCUT2D eigenvalue weighted by molar-refractivity contribution is 7.53. The third-order valence-corrected chi connectivity index (χ3v) is 13.6. The topological polar surface area (TPSA) is 230 Å². The fourth-order valence-corrected chi connectivity index (χ4v) is 9.49. The number of nitrogens with one attached hydrogen (secondary N) is 3. The average molecular weight is 932 g/mol. The molecule has 8 atom stereocenters. The number of hydrogen-bond donors (Lipinski definition) is 5. The average Bonchev–Trinajstić information content (AvgIpc) is 3.91.